The normalized spacial score (nSPS) is 25.5. The number of likely N-dealkylation sites (tertiary alicyclic amines) is 1. The lowest BCUT2D eigenvalue weighted by atomic mass is 10.0. The van der Waals surface area contributed by atoms with Gasteiger partial charge in [0.05, 0.1) is 23.2 Å². The van der Waals surface area contributed by atoms with Crippen molar-refractivity contribution >= 4 is 15.7 Å². The van der Waals surface area contributed by atoms with Gasteiger partial charge in [0, 0.05) is 17.3 Å². The molecule has 8 heteroatoms. The molecule has 0 saturated carbocycles. The van der Waals surface area contributed by atoms with E-state index in [0.29, 0.717) is 5.69 Å². The van der Waals surface area contributed by atoms with E-state index in [1.54, 1.807) is 0 Å². The Kier molecular flexibility index (Phi) is 5.38. The summed E-state index contributed by atoms with van der Waals surface area (Å²) in [6.45, 7) is 3.86. The summed E-state index contributed by atoms with van der Waals surface area (Å²) in [5.41, 5.74) is 4.69. The molecule has 3 aliphatic rings. The van der Waals surface area contributed by atoms with Crippen LogP contribution < -0.4 is 5.32 Å². The highest BCUT2D eigenvalue weighted by atomic mass is 32.2. The average molecular weight is 443 g/mol. The van der Waals surface area contributed by atoms with Crippen LogP contribution in [0, 0.1) is 6.92 Å². The number of carbonyl (C=O) groups excluding carboxylic acids is 1. The standard InChI is InChI=1S/C23H30N4O3S/c1-16-8-10-17(11-9-16)27-20-7-5-6-18(20)22(25-27)23(28)24-19-14-31(29,30)15-21(19)26-12-3-2-4-13-26/h8-11,19,21H,2-7,12-15H2,1H3,(H,24,28)/t19-,21+/m1/s1. The van der Waals surface area contributed by atoms with Crippen LogP contribution in [-0.2, 0) is 22.7 Å². The van der Waals surface area contributed by atoms with Gasteiger partial charge in [0.1, 0.15) is 0 Å². The number of benzene rings is 1. The first-order chi connectivity index (χ1) is 14.9. The summed E-state index contributed by atoms with van der Waals surface area (Å²) in [6, 6.07) is 7.63. The highest BCUT2D eigenvalue weighted by Gasteiger charge is 2.42. The van der Waals surface area contributed by atoms with Crippen molar-refractivity contribution in [2.24, 2.45) is 0 Å². The lowest BCUT2D eigenvalue weighted by Gasteiger charge is -2.34. The van der Waals surface area contributed by atoms with Gasteiger partial charge in [-0.2, -0.15) is 5.10 Å². The largest absolute Gasteiger partial charge is 0.345 e. The number of carbonyl (C=O) groups is 1. The SMILES string of the molecule is Cc1ccc(-n2nc(C(=O)N[C@@H]3CS(=O)(=O)C[C@@H]3N3CCCCC3)c3c2CCC3)cc1. The fraction of sp³-hybridized carbons (Fsp3) is 0.565. The molecule has 1 aromatic carbocycles. The monoisotopic (exact) mass is 442 g/mol. The van der Waals surface area contributed by atoms with Gasteiger partial charge in [-0.05, 0) is 64.3 Å². The van der Waals surface area contributed by atoms with Crippen LogP contribution in [0.4, 0.5) is 0 Å². The molecular weight excluding hydrogens is 412 g/mol. The Morgan fingerprint density at radius 3 is 2.52 bits per heavy atom. The molecule has 7 nitrogen and oxygen atoms in total. The quantitative estimate of drug-likeness (QED) is 0.784. The molecule has 1 amide bonds. The van der Waals surface area contributed by atoms with Crippen LogP contribution >= 0.6 is 0 Å². The minimum Gasteiger partial charge on any atom is -0.345 e. The van der Waals surface area contributed by atoms with Crippen molar-refractivity contribution in [1.82, 2.24) is 20.0 Å². The first kappa shape index (κ1) is 20.7. The van der Waals surface area contributed by atoms with Gasteiger partial charge in [0.25, 0.3) is 5.91 Å². The highest BCUT2D eigenvalue weighted by molar-refractivity contribution is 7.91. The second-order valence-electron chi connectivity index (χ2n) is 9.20. The Bertz CT molecular complexity index is 1080. The molecular formula is C23H30N4O3S. The number of piperidine rings is 1. The fourth-order valence-electron chi connectivity index (χ4n) is 5.33. The summed E-state index contributed by atoms with van der Waals surface area (Å²) in [6.07, 6.45) is 6.11. The van der Waals surface area contributed by atoms with Gasteiger partial charge in [0.2, 0.25) is 0 Å². The minimum absolute atomic E-state index is 0.0147. The minimum atomic E-state index is -3.16. The lowest BCUT2D eigenvalue weighted by Crippen LogP contribution is -2.52. The number of aromatic nitrogens is 2. The van der Waals surface area contributed by atoms with Crippen LogP contribution in [0.1, 0.15) is 53.0 Å². The van der Waals surface area contributed by atoms with E-state index in [2.05, 4.69) is 15.3 Å². The Morgan fingerprint density at radius 1 is 1.03 bits per heavy atom. The lowest BCUT2D eigenvalue weighted by molar-refractivity contribution is 0.0893. The van der Waals surface area contributed by atoms with Gasteiger partial charge in [0.15, 0.2) is 15.5 Å². The molecule has 0 spiro atoms. The van der Waals surface area contributed by atoms with Crippen LogP contribution in [0.5, 0.6) is 0 Å². The van der Waals surface area contributed by atoms with Crippen molar-refractivity contribution in [2.45, 2.75) is 57.5 Å². The van der Waals surface area contributed by atoms with Crippen LogP contribution in [0.2, 0.25) is 0 Å². The Labute approximate surface area is 183 Å². The molecule has 166 valence electrons. The van der Waals surface area contributed by atoms with Crippen molar-refractivity contribution in [1.29, 1.82) is 0 Å². The molecule has 31 heavy (non-hydrogen) atoms. The Balaban J connectivity index is 1.41. The van der Waals surface area contributed by atoms with Crippen molar-refractivity contribution in [3.05, 3.63) is 46.8 Å². The van der Waals surface area contributed by atoms with E-state index in [0.717, 1.165) is 62.1 Å². The number of nitrogens with one attached hydrogen (secondary N) is 1. The summed E-state index contributed by atoms with van der Waals surface area (Å²) >= 11 is 0. The maximum atomic E-state index is 13.3. The first-order valence-electron chi connectivity index (χ1n) is 11.3. The molecule has 2 aromatic rings. The number of hydrogen-bond donors (Lipinski definition) is 1. The van der Waals surface area contributed by atoms with Gasteiger partial charge in [-0.3, -0.25) is 9.69 Å². The molecule has 5 rings (SSSR count). The third-order valence-corrected chi connectivity index (χ3v) is 8.64. The molecule has 1 N–H and O–H groups in total. The summed E-state index contributed by atoms with van der Waals surface area (Å²) in [5, 5.41) is 7.76. The highest BCUT2D eigenvalue weighted by Crippen LogP contribution is 2.29. The topological polar surface area (TPSA) is 84.3 Å². The maximum absolute atomic E-state index is 13.3. The Hall–Kier alpha value is -2.19. The zero-order valence-corrected chi connectivity index (χ0v) is 18.8. The van der Waals surface area contributed by atoms with Crippen molar-refractivity contribution in [3.63, 3.8) is 0 Å². The zero-order valence-electron chi connectivity index (χ0n) is 18.0. The molecule has 0 bridgehead atoms. The molecule has 0 radical (unpaired) electrons. The van der Waals surface area contributed by atoms with Crippen LogP contribution in [0.3, 0.4) is 0 Å². The van der Waals surface area contributed by atoms with Crippen molar-refractivity contribution < 1.29 is 13.2 Å². The Morgan fingerprint density at radius 2 is 1.77 bits per heavy atom. The molecule has 0 unspecified atom stereocenters. The number of nitrogens with zero attached hydrogens (tertiary/aromatic N) is 3. The van der Waals surface area contributed by atoms with Gasteiger partial charge < -0.3 is 5.32 Å². The van der Waals surface area contributed by atoms with Gasteiger partial charge in [-0.15, -0.1) is 0 Å². The smallest absolute Gasteiger partial charge is 0.272 e. The first-order valence-corrected chi connectivity index (χ1v) is 13.2. The van der Waals surface area contributed by atoms with E-state index in [9.17, 15) is 13.2 Å². The number of amides is 1. The molecule has 1 aliphatic carbocycles. The van der Waals surface area contributed by atoms with Gasteiger partial charge in [-0.25, -0.2) is 13.1 Å². The molecule has 2 aliphatic heterocycles. The molecule has 2 fully saturated rings. The number of fused-ring (bicyclic) bond motifs is 1. The van der Waals surface area contributed by atoms with E-state index < -0.39 is 9.84 Å². The van der Waals surface area contributed by atoms with E-state index in [4.69, 9.17) is 0 Å². The molecule has 3 heterocycles. The summed E-state index contributed by atoms with van der Waals surface area (Å²) in [5.74, 6) is -0.0950. The number of rotatable bonds is 4. The molecule has 2 saturated heterocycles. The zero-order chi connectivity index (χ0) is 21.6. The average Bonchev–Trinajstić information content (AvgIpc) is 3.43. The third-order valence-electron chi connectivity index (χ3n) is 6.92. The summed E-state index contributed by atoms with van der Waals surface area (Å²) < 4.78 is 26.7. The van der Waals surface area contributed by atoms with E-state index in [1.165, 1.54) is 12.0 Å². The molecule has 1 aromatic heterocycles. The van der Waals surface area contributed by atoms with E-state index in [-0.39, 0.29) is 29.5 Å². The van der Waals surface area contributed by atoms with E-state index >= 15 is 0 Å². The number of hydrogen-bond acceptors (Lipinski definition) is 5. The van der Waals surface area contributed by atoms with Crippen LogP contribution in [0.25, 0.3) is 5.69 Å². The van der Waals surface area contributed by atoms with Crippen molar-refractivity contribution in [2.75, 3.05) is 24.6 Å². The van der Waals surface area contributed by atoms with Gasteiger partial charge >= 0.3 is 0 Å². The predicted molar refractivity (Wildman–Crippen MR) is 119 cm³/mol. The second-order valence-corrected chi connectivity index (χ2v) is 11.3. The summed E-state index contributed by atoms with van der Waals surface area (Å²) in [7, 11) is -3.16. The van der Waals surface area contributed by atoms with Crippen LogP contribution in [0.15, 0.2) is 24.3 Å². The fourth-order valence-corrected chi connectivity index (χ4v) is 7.29. The van der Waals surface area contributed by atoms with Gasteiger partial charge in [-0.1, -0.05) is 24.1 Å². The van der Waals surface area contributed by atoms with Crippen LogP contribution in [-0.4, -0.2) is 65.7 Å². The van der Waals surface area contributed by atoms with E-state index in [1.807, 2.05) is 35.9 Å². The van der Waals surface area contributed by atoms with Crippen molar-refractivity contribution in [3.8, 4) is 5.69 Å². The maximum Gasteiger partial charge on any atom is 0.272 e. The number of aryl methyl sites for hydroxylation is 1. The number of sulfone groups is 1. The summed E-state index contributed by atoms with van der Waals surface area (Å²) in [4.78, 5) is 15.6. The third kappa shape index (κ3) is 4.03. The second kappa shape index (κ2) is 8.06. The molecule has 2 atom stereocenters. The predicted octanol–water partition coefficient (Wildman–Crippen LogP) is 2.05.